The molecule has 1 aromatic carbocycles. The van der Waals surface area contributed by atoms with Crippen LogP contribution in [0.4, 0.5) is 5.69 Å². The molecule has 1 aliphatic rings. The summed E-state index contributed by atoms with van der Waals surface area (Å²) in [5, 5.41) is 9.38. The summed E-state index contributed by atoms with van der Waals surface area (Å²) in [6.07, 6.45) is -0.0501. The van der Waals surface area contributed by atoms with Crippen molar-refractivity contribution >= 4 is 53.9 Å². The fraction of sp³-hybridized carbons (Fsp3) is 0.267. The van der Waals surface area contributed by atoms with Gasteiger partial charge < -0.3 is 10.1 Å². The molecule has 0 fully saturated rings. The van der Waals surface area contributed by atoms with Crippen molar-refractivity contribution in [1.82, 2.24) is 10.3 Å². The highest BCUT2D eigenvalue weighted by Gasteiger charge is 2.23. The molecule has 2 aromatic heterocycles. The van der Waals surface area contributed by atoms with Crippen molar-refractivity contribution in [2.75, 3.05) is 25.5 Å². The average molecular weight is 364 g/mol. The van der Waals surface area contributed by atoms with Crippen molar-refractivity contribution in [2.45, 2.75) is 6.23 Å². The first-order valence-electron chi connectivity index (χ1n) is 6.79. The van der Waals surface area contributed by atoms with Crippen molar-refractivity contribution in [3.8, 4) is 0 Å². The first kappa shape index (κ1) is 13.5. The second-order valence-electron chi connectivity index (χ2n) is 4.98. The van der Waals surface area contributed by atoms with Crippen molar-refractivity contribution in [2.24, 2.45) is 0 Å². The van der Waals surface area contributed by atoms with Gasteiger partial charge in [0.05, 0.1) is 16.1 Å². The first-order valence-corrected chi connectivity index (χ1v) is 8.40. The summed E-state index contributed by atoms with van der Waals surface area (Å²) in [6.45, 7) is 1.77. The molecule has 1 aliphatic heterocycles. The zero-order chi connectivity index (χ0) is 14.4. The molecule has 1 atom stereocenters. The highest BCUT2D eigenvalue weighted by atomic mass is 79.9. The summed E-state index contributed by atoms with van der Waals surface area (Å²) in [5.74, 6) is 0. The topological polar surface area (TPSA) is 46.2 Å². The fourth-order valence-corrected chi connectivity index (χ4v) is 4.40. The molecule has 2 N–H and O–H groups in total. The minimum Gasteiger partial charge on any atom is -0.382 e. The lowest BCUT2D eigenvalue weighted by Crippen LogP contribution is -2.23. The Bertz CT molecular complexity index is 833. The van der Waals surface area contributed by atoms with Crippen LogP contribution in [0.5, 0.6) is 0 Å². The van der Waals surface area contributed by atoms with Crippen LogP contribution in [0.25, 0.3) is 21.0 Å². The van der Waals surface area contributed by atoms with Gasteiger partial charge in [-0.15, -0.1) is 11.3 Å². The number of thiophene rings is 1. The summed E-state index contributed by atoms with van der Waals surface area (Å²) in [6, 6.07) is 8.34. The highest BCUT2D eigenvalue weighted by molar-refractivity contribution is 9.10. The van der Waals surface area contributed by atoms with Gasteiger partial charge in [-0.3, -0.25) is 5.32 Å². The number of methoxy groups -OCH3 is 1. The van der Waals surface area contributed by atoms with E-state index in [1.165, 1.54) is 26.0 Å². The number of nitrogens with zero attached hydrogens (tertiary/aromatic N) is 1. The van der Waals surface area contributed by atoms with Crippen LogP contribution in [0.1, 0.15) is 11.1 Å². The molecule has 3 aromatic rings. The van der Waals surface area contributed by atoms with E-state index < -0.39 is 0 Å². The minimum absolute atomic E-state index is 0.0501. The lowest BCUT2D eigenvalue weighted by molar-refractivity contribution is 0.0799. The van der Waals surface area contributed by atoms with E-state index in [-0.39, 0.29) is 6.23 Å². The van der Waals surface area contributed by atoms with E-state index in [0.29, 0.717) is 0 Å². The largest absolute Gasteiger partial charge is 0.382 e. The third kappa shape index (κ3) is 2.14. The second-order valence-corrected chi connectivity index (χ2v) is 6.87. The quantitative estimate of drug-likeness (QED) is 0.644. The molecular weight excluding hydrogens is 350 g/mol. The standard InChI is InChI=1S/C15H14BrN3OS/c1-20-15-14-13(17-6-7-18-15)12-8-2-5-11(16)19-9(8)3-4-10(12)21-14/h2-5,15,17-18H,6-7H2,1H3. The molecule has 0 spiro atoms. The Balaban J connectivity index is 2.07. The van der Waals surface area contributed by atoms with Crippen molar-refractivity contribution in [3.63, 3.8) is 0 Å². The molecule has 0 radical (unpaired) electrons. The number of benzene rings is 1. The molecule has 4 nitrogen and oxygen atoms in total. The van der Waals surface area contributed by atoms with E-state index in [4.69, 9.17) is 4.74 Å². The van der Waals surface area contributed by atoms with Crippen LogP contribution in [-0.4, -0.2) is 25.2 Å². The number of anilines is 1. The molecule has 3 heterocycles. The van der Waals surface area contributed by atoms with Gasteiger partial charge in [0.15, 0.2) is 0 Å². The Morgan fingerprint density at radius 2 is 2.19 bits per heavy atom. The molecule has 0 amide bonds. The Morgan fingerprint density at radius 1 is 1.29 bits per heavy atom. The lowest BCUT2D eigenvalue weighted by atomic mass is 10.1. The molecule has 0 saturated heterocycles. The second kappa shape index (κ2) is 5.21. The zero-order valence-corrected chi connectivity index (χ0v) is 13.8. The molecule has 108 valence electrons. The predicted octanol–water partition coefficient (Wildman–Crippen LogP) is 3.87. The van der Waals surface area contributed by atoms with Crippen molar-refractivity contribution in [1.29, 1.82) is 0 Å². The fourth-order valence-electron chi connectivity index (χ4n) is 2.83. The number of hydrogen-bond donors (Lipinski definition) is 2. The number of pyridine rings is 1. The molecule has 4 rings (SSSR count). The van der Waals surface area contributed by atoms with Crippen molar-refractivity contribution in [3.05, 3.63) is 33.7 Å². The maximum Gasteiger partial charge on any atom is 0.145 e. The molecule has 0 bridgehead atoms. The number of ether oxygens (including phenoxy) is 1. The summed E-state index contributed by atoms with van der Waals surface area (Å²) in [4.78, 5) is 5.77. The van der Waals surface area contributed by atoms with Gasteiger partial charge >= 0.3 is 0 Å². The van der Waals surface area contributed by atoms with E-state index in [1.807, 2.05) is 6.07 Å². The van der Waals surface area contributed by atoms with Gasteiger partial charge in [0.1, 0.15) is 10.8 Å². The number of halogens is 1. The summed E-state index contributed by atoms with van der Waals surface area (Å²) >= 11 is 5.22. The van der Waals surface area contributed by atoms with E-state index in [0.717, 1.165) is 23.2 Å². The predicted molar refractivity (Wildman–Crippen MR) is 91.1 cm³/mol. The van der Waals surface area contributed by atoms with E-state index in [9.17, 15) is 0 Å². The Labute approximate surface area is 134 Å². The Kier molecular flexibility index (Phi) is 3.34. The monoisotopic (exact) mass is 363 g/mol. The number of aromatic nitrogens is 1. The molecular formula is C15H14BrN3OS. The van der Waals surface area contributed by atoms with Crippen LogP contribution in [-0.2, 0) is 4.74 Å². The van der Waals surface area contributed by atoms with Gasteiger partial charge in [-0.25, -0.2) is 4.98 Å². The van der Waals surface area contributed by atoms with Crippen molar-refractivity contribution < 1.29 is 4.74 Å². The lowest BCUT2D eigenvalue weighted by Gasteiger charge is -2.12. The van der Waals surface area contributed by atoms with Gasteiger partial charge in [0.25, 0.3) is 0 Å². The van der Waals surface area contributed by atoms with Gasteiger partial charge in [0.2, 0.25) is 0 Å². The van der Waals surface area contributed by atoms with E-state index in [2.05, 4.69) is 49.7 Å². The molecule has 0 saturated carbocycles. The summed E-state index contributed by atoms with van der Waals surface area (Å²) < 4.78 is 7.71. The van der Waals surface area contributed by atoms with Gasteiger partial charge in [-0.05, 0) is 40.2 Å². The smallest absolute Gasteiger partial charge is 0.145 e. The summed E-state index contributed by atoms with van der Waals surface area (Å²) in [7, 11) is 1.74. The molecule has 0 aliphatic carbocycles. The first-order chi connectivity index (χ1) is 10.3. The molecule has 1 unspecified atom stereocenters. The molecule has 21 heavy (non-hydrogen) atoms. The highest BCUT2D eigenvalue weighted by Crippen LogP contribution is 2.43. The van der Waals surface area contributed by atoms with Gasteiger partial charge in [-0.1, -0.05) is 0 Å². The van der Waals surface area contributed by atoms with E-state index >= 15 is 0 Å². The van der Waals surface area contributed by atoms with Gasteiger partial charge in [-0.2, -0.15) is 0 Å². The minimum atomic E-state index is -0.0501. The van der Waals surface area contributed by atoms with Crippen LogP contribution in [0.3, 0.4) is 0 Å². The Morgan fingerprint density at radius 3 is 3.05 bits per heavy atom. The number of fused-ring (bicyclic) bond motifs is 5. The van der Waals surface area contributed by atoms with Gasteiger partial charge in [0, 0.05) is 35.7 Å². The van der Waals surface area contributed by atoms with Crippen LogP contribution in [0.15, 0.2) is 28.9 Å². The maximum atomic E-state index is 5.59. The normalized spacial score (nSPS) is 18.5. The Hall–Kier alpha value is -1.21. The summed E-state index contributed by atoms with van der Waals surface area (Å²) in [5.41, 5.74) is 2.19. The SMILES string of the molecule is COC1NCCNc2c1sc1ccc3nc(Br)ccc3c21. The van der Waals surface area contributed by atoms with Crippen LogP contribution in [0, 0.1) is 0 Å². The number of nitrogens with one attached hydrogen (secondary N) is 2. The number of hydrogen-bond acceptors (Lipinski definition) is 5. The third-order valence-corrected chi connectivity index (χ3v) is 5.39. The number of rotatable bonds is 1. The maximum absolute atomic E-state index is 5.59. The zero-order valence-electron chi connectivity index (χ0n) is 11.4. The third-order valence-electron chi connectivity index (χ3n) is 3.75. The average Bonchev–Trinajstić information content (AvgIpc) is 2.74. The van der Waals surface area contributed by atoms with E-state index in [1.54, 1.807) is 18.4 Å². The van der Waals surface area contributed by atoms with Crippen LogP contribution < -0.4 is 10.6 Å². The van der Waals surface area contributed by atoms with Crippen LogP contribution in [0.2, 0.25) is 0 Å². The molecule has 6 heteroatoms. The van der Waals surface area contributed by atoms with Crippen LogP contribution >= 0.6 is 27.3 Å².